The fraction of sp³-hybridized carbons (Fsp3) is 0.400. The second-order valence-corrected chi connectivity index (χ2v) is 3.46. The molecule has 1 aromatic rings. The third-order valence-electron chi connectivity index (χ3n) is 1.90. The average molecular weight is 211 g/mol. The zero-order valence-electron chi connectivity index (χ0n) is 8.99. The molecule has 1 atom stereocenters. The van der Waals surface area contributed by atoms with E-state index in [0.29, 0.717) is 5.82 Å². The van der Waals surface area contributed by atoms with E-state index in [9.17, 15) is 9.18 Å². The number of likely N-dealkylation sites (N-methyl/N-ethyl adjacent to an activating group) is 1. The van der Waals surface area contributed by atoms with Gasteiger partial charge in [0.25, 0.3) is 0 Å². The van der Waals surface area contributed by atoms with Crippen LogP contribution in [-0.4, -0.2) is 35.9 Å². The zero-order chi connectivity index (χ0) is 11.4. The highest BCUT2D eigenvalue weighted by Crippen LogP contribution is 2.05. The van der Waals surface area contributed by atoms with Crippen LogP contribution in [0.25, 0.3) is 0 Å². The molecule has 1 heterocycles. The normalized spacial score (nSPS) is 12.0. The van der Waals surface area contributed by atoms with Crippen molar-refractivity contribution in [2.75, 3.05) is 19.4 Å². The topological polar surface area (TPSA) is 45.2 Å². The molecule has 82 valence electrons. The maximum Gasteiger partial charge on any atom is 0.244 e. The van der Waals surface area contributed by atoms with Gasteiger partial charge in [-0.25, -0.2) is 9.37 Å². The number of aromatic nitrogens is 1. The van der Waals surface area contributed by atoms with Gasteiger partial charge in [-0.1, -0.05) is 0 Å². The van der Waals surface area contributed by atoms with E-state index >= 15 is 0 Å². The Bertz CT molecular complexity index is 337. The van der Waals surface area contributed by atoms with Crippen molar-refractivity contribution in [3.8, 4) is 0 Å². The van der Waals surface area contributed by atoms with Gasteiger partial charge in [0.15, 0.2) is 0 Å². The minimum absolute atomic E-state index is 0.0545. The lowest BCUT2D eigenvalue weighted by Crippen LogP contribution is -2.36. The summed E-state index contributed by atoms with van der Waals surface area (Å²) in [5.74, 6) is 0.0346. The van der Waals surface area contributed by atoms with E-state index in [0.717, 1.165) is 6.20 Å². The molecular formula is C10H14FN3O. The van der Waals surface area contributed by atoms with E-state index in [4.69, 9.17) is 0 Å². The van der Waals surface area contributed by atoms with E-state index in [-0.39, 0.29) is 11.9 Å². The molecule has 1 rings (SSSR count). The number of halogens is 1. The SMILES string of the molecule is CC(Nc1ccc(F)cn1)C(=O)N(C)C. The maximum atomic E-state index is 12.5. The number of nitrogens with zero attached hydrogens (tertiary/aromatic N) is 2. The van der Waals surface area contributed by atoms with Crippen molar-refractivity contribution in [3.05, 3.63) is 24.1 Å². The summed E-state index contributed by atoms with van der Waals surface area (Å²) in [5, 5.41) is 2.88. The molecule has 0 aliphatic rings. The number of anilines is 1. The van der Waals surface area contributed by atoms with Crippen LogP contribution in [0, 0.1) is 5.82 Å². The van der Waals surface area contributed by atoms with Crippen molar-refractivity contribution < 1.29 is 9.18 Å². The smallest absolute Gasteiger partial charge is 0.244 e. The lowest BCUT2D eigenvalue weighted by molar-refractivity contribution is -0.129. The number of amides is 1. The van der Waals surface area contributed by atoms with Crippen LogP contribution >= 0.6 is 0 Å². The molecule has 15 heavy (non-hydrogen) atoms. The first-order valence-electron chi connectivity index (χ1n) is 4.60. The highest BCUT2D eigenvalue weighted by molar-refractivity contribution is 5.83. The summed E-state index contributed by atoms with van der Waals surface area (Å²) in [7, 11) is 3.36. The molecule has 0 radical (unpaired) electrons. The standard InChI is InChI=1S/C10H14FN3O/c1-7(10(15)14(2)3)13-9-5-4-8(11)6-12-9/h4-7H,1-3H3,(H,12,13). The fourth-order valence-electron chi connectivity index (χ4n) is 1.13. The molecule has 0 fully saturated rings. The number of nitrogens with one attached hydrogen (secondary N) is 1. The van der Waals surface area contributed by atoms with Gasteiger partial charge in [-0.2, -0.15) is 0 Å². The van der Waals surface area contributed by atoms with Crippen LogP contribution in [0.4, 0.5) is 10.2 Å². The first-order valence-corrected chi connectivity index (χ1v) is 4.60. The van der Waals surface area contributed by atoms with Crippen LogP contribution in [0.2, 0.25) is 0 Å². The summed E-state index contributed by atoms with van der Waals surface area (Å²) in [4.78, 5) is 16.8. The first-order chi connectivity index (χ1) is 7.00. The van der Waals surface area contributed by atoms with Gasteiger partial charge < -0.3 is 10.2 Å². The lowest BCUT2D eigenvalue weighted by atomic mass is 10.3. The number of hydrogen-bond acceptors (Lipinski definition) is 3. The molecule has 0 saturated heterocycles. The van der Waals surface area contributed by atoms with Gasteiger partial charge in [0.2, 0.25) is 5.91 Å². The maximum absolute atomic E-state index is 12.5. The van der Waals surface area contributed by atoms with Crippen LogP contribution in [0.1, 0.15) is 6.92 Å². The largest absolute Gasteiger partial charge is 0.359 e. The highest BCUT2D eigenvalue weighted by atomic mass is 19.1. The van der Waals surface area contributed by atoms with Crippen molar-refractivity contribution in [3.63, 3.8) is 0 Å². The number of rotatable bonds is 3. The van der Waals surface area contributed by atoms with Crippen molar-refractivity contribution in [2.45, 2.75) is 13.0 Å². The van der Waals surface area contributed by atoms with Gasteiger partial charge in [-0.3, -0.25) is 4.79 Å². The molecule has 4 nitrogen and oxygen atoms in total. The predicted octanol–water partition coefficient (Wildman–Crippen LogP) is 1.11. The Morgan fingerprint density at radius 2 is 2.20 bits per heavy atom. The summed E-state index contributed by atoms with van der Waals surface area (Å²) in [5.41, 5.74) is 0. The van der Waals surface area contributed by atoms with E-state index in [2.05, 4.69) is 10.3 Å². The summed E-state index contributed by atoms with van der Waals surface area (Å²) in [6.45, 7) is 1.73. The molecule has 1 aromatic heterocycles. The number of carbonyl (C=O) groups excluding carboxylic acids is 1. The van der Waals surface area contributed by atoms with E-state index in [1.165, 1.54) is 17.0 Å². The third kappa shape index (κ3) is 3.19. The Morgan fingerprint density at radius 1 is 1.53 bits per heavy atom. The highest BCUT2D eigenvalue weighted by Gasteiger charge is 2.14. The molecule has 0 aliphatic carbocycles. The Labute approximate surface area is 88.1 Å². The van der Waals surface area contributed by atoms with Crippen LogP contribution in [0.3, 0.4) is 0 Å². The van der Waals surface area contributed by atoms with Crippen LogP contribution in [0.5, 0.6) is 0 Å². The molecule has 5 heteroatoms. The summed E-state index contributed by atoms with van der Waals surface area (Å²) >= 11 is 0. The van der Waals surface area contributed by atoms with Gasteiger partial charge in [-0.05, 0) is 19.1 Å². The zero-order valence-corrected chi connectivity index (χ0v) is 8.99. The van der Waals surface area contributed by atoms with Gasteiger partial charge in [0.1, 0.15) is 17.7 Å². The van der Waals surface area contributed by atoms with E-state index in [1.54, 1.807) is 21.0 Å². The van der Waals surface area contributed by atoms with Crippen LogP contribution < -0.4 is 5.32 Å². The Hall–Kier alpha value is -1.65. The van der Waals surface area contributed by atoms with Crippen LogP contribution in [-0.2, 0) is 4.79 Å². The Balaban J connectivity index is 2.62. The summed E-state index contributed by atoms with van der Waals surface area (Å²) in [6, 6.07) is 2.41. The number of carbonyl (C=O) groups is 1. The minimum atomic E-state index is -0.396. The Kier molecular flexibility index (Phi) is 3.60. The fourth-order valence-corrected chi connectivity index (χ4v) is 1.13. The van der Waals surface area contributed by atoms with E-state index < -0.39 is 5.82 Å². The predicted molar refractivity (Wildman–Crippen MR) is 56.0 cm³/mol. The average Bonchev–Trinajstić information content (AvgIpc) is 2.20. The van der Waals surface area contributed by atoms with Crippen molar-refractivity contribution >= 4 is 11.7 Å². The van der Waals surface area contributed by atoms with E-state index in [1.807, 2.05) is 0 Å². The third-order valence-corrected chi connectivity index (χ3v) is 1.90. The second kappa shape index (κ2) is 4.72. The van der Waals surface area contributed by atoms with Crippen molar-refractivity contribution in [2.24, 2.45) is 0 Å². The molecule has 0 saturated carbocycles. The van der Waals surface area contributed by atoms with Gasteiger partial charge in [0, 0.05) is 14.1 Å². The monoisotopic (exact) mass is 211 g/mol. The molecule has 0 aliphatic heterocycles. The molecule has 0 bridgehead atoms. The summed E-state index contributed by atoms with van der Waals surface area (Å²) < 4.78 is 12.5. The van der Waals surface area contributed by atoms with Crippen molar-refractivity contribution in [1.29, 1.82) is 0 Å². The first kappa shape index (κ1) is 11.4. The van der Waals surface area contributed by atoms with Gasteiger partial charge >= 0.3 is 0 Å². The van der Waals surface area contributed by atoms with Crippen molar-refractivity contribution in [1.82, 2.24) is 9.88 Å². The molecular weight excluding hydrogens is 197 g/mol. The van der Waals surface area contributed by atoms with Gasteiger partial charge in [0.05, 0.1) is 6.20 Å². The quantitative estimate of drug-likeness (QED) is 0.814. The Morgan fingerprint density at radius 3 is 2.67 bits per heavy atom. The number of hydrogen-bond donors (Lipinski definition) is 1. The molecule has 1 amide bonds. The molecule has 1 unspecified atom stereocenters. The molecule has 0 spiro atoms. The summed E-state index contributed by atoms with van der Waals surface area (Å²) in [6.07, 6.45) is 1.11. The number of pyridine rings is 1. The van der Waals surface area contributed by atoms with Crippen LogP contribution in [0.15, 0.2) is 18.3 Å². The van der Waals surface area contributed by atoms with Gasteiger partial charge in [-0.15, -0.1) is 0 Å². The molecule has 1 N–H and O–H groups in total. The second-order valence-electron chi connectivity index (χ2n) is 3.46. The molecule has 0 aromatic carbocycles. The minimum Gasteiger partial charge on any atom is -0.359 e. The lowest BCUT2D eigenvalue weighted by Gasteiger charge is -2.18.